The van der Waals surface area contributed by atoms with E-state index in [9.17, 15) is 0 Å². The Morgan fingerprint density at radius 1 is 1.22 bits per heavy atom. The fraction of sp³-hybridized carbons (Fsp3) is 0.611. The van der Waals surface area contributed by atoms with Crippen LogP contribution in [0.5, 0.6) is 0 Å². The molecule has 0 bridgehead atoms. The van der Waals surface area contributed by atoms with Gasteiger partial charge in [-0.05, 0) is 82.3 Å². The van der Waals surface area contributed by atoms with Crippen molar-refractivity contribution in [2.75, 3.05) is 50.5 Å². The molecule has 1 heterocycles. The van der Waals surface area contributed by atoms with Crippen LogP contribution >= 0.6 is 12.2 Å². The zero-order valence-electron chi connectivity index (χ0n) is 14.6. The number of thiocarbonyl (C=S) groups is 1. The number of hydrogen-bond donors (Lipinski definition) is 2. The number of nitrogens with one attached hydrogen (secondary N) is 2. The lowest BCUT2D eigenvalue weighted by Gasteiger charge is -2.32. The molecule has 0 spiro atoms. The van der Waals surface area contributed by atoms with Crippen molar-refractivity contribution in [2.45, 2.75) is 26.2 Å². The zero-order chi connectivity index (χ0) is 16.7. The first-order valence-corrected chi connectivity index (χ1v) is 9.00. The van der Waals surface area contributed by atoms with Crippen molar-refractivity contribution in [1.82, 2.24) is 10.2 Å². The van der Waals surface area contributed by atoms with Gasteiger partial charge in [0.1, 0.15) is 0 Å². The number of nitrogens with zero attached hydrogens (tertiary/aromatic N) is 2. The molecule has 0 aromatic heterocycles. The van der Waals surface area contributed by atoms with Crippen LogP contribution in [0.25, 0.3) is 0 Å². The topological polar surface area (TPSA) is 30.5 Å². The minimum absolute atomic E-state index is 0.698. The Morgan fingerprint density at radius 3 is 2.48 bits per heavy atom. The van der Waals surface area contributed by atoms with E-state index >= 15 is 0 Å². The molecule has 0 radical (unpaired) electrons. The molecule has 0 amide bonds. The molecule has 1 aliphatic heterocycles. The van der Waals surface area contributed by atoms with Gasteiger partial charge in [0.15, 0.2) is 5.11 Å². The molecule has 0 atom stereocenters. The predicted molar refractivity (Wildman–Crippen MR) is 104 cm³/mol. The van der Waals surface area contributed by atoms with Crippen LogP contribution in [0.15, 0.2) is 24.3 Å². The monoisotopic (exact) mass is 334 g/mol. The fourth-order valence-electron chi connectivity index (χ4n) is 2.79. The van der Waals surface area contributed by atoms with E-state index in [0.717, 1.165) is 31.1 Å². The second-order valence-corrected chi connectivity index (χ2v) is 7.16. The molecule has 0 aliphatic carbocycles. The summed E-state index contributed by atoms with van der Waals surface area (Å²) in [5.41, 5.74) is 2.36. The standard InChI is InChI=1S/C18H30N4S/c1-15-9-13-22(14-10-15)17-7-5-16(6-8-17)20-18(23)19-11-4-12-21(2)3/h5-8,15H,4,9-14H2,1-3H3,(H2,19,20,23). The van der Waals surface area contributed by atoms with Crippen molar-refractivity contribution in [3.8, 4) is 0 Å². The Hall–Kier alpha value is -1.33. The molecular formula is C18H30N4S. The maximum atomic E-state index is 5.34. The predicted octanol–water partition coefficient (Wildman–Crippen LogP) is 3.16. The summed E-state index contributed by atoms with van der Waals surface area (Å²) < 4.78 is 0. The van der Waals surface area contributed by atoms with E-state index in [2.05, 4.69) is 65.7 Å². The van der Waals surface area contributed by atoms with Crippen molar-refractivity contribution in [2.24, 2.45) is 5.92 Å². The van der Waals surface area contributed by atoms with E-state index in [1.807, 2.05) is 0 Å². The minimum atomic E-state index is 0.698. The second kappa shape index (κ2) is 9.08. The van der Waals surface area contributed by atoms with E-state index in [1.165, 1.54) is 31.6 Å². The molecule has 1 fully saturated rings. The average Bonchev–Trinajstić information content (AvgIpc) is 2.53. The normalized spacial score (nSPS) is 15.7. The molecule has 1 aromatic carbocycles. The third kappa shape index (κ3) is 6.36. The van der Waals surface area contributed by atoms with Crippen LogP contribution in [-0.2, 0) is 0 Å². The Kier molecular flexibility index (Phi) is 7.12. The Labute approximate surface area is 146 Å². The van der Waals surface area contributed by atoms with E-state index in [1.54, 1.807) is 0 Å². The summed E-state index contributed by atoms with van der Waals surface area (Å²) in [5.74, 6) is 0.864. The first-order valence-electron chi connectivity index (χ1n) is 8.59. The van der Waals surface area contributed by atoms with Gasteiger partial charge < -0.3 is 20.4 Å². The molecule has 23 heavy (non-hydrogen) atoms. The summed E-state index contributed by atoms with van der Waals surface area (Å²) in [6.45, 7) is 6.64. The molecule has 2 N–H and O–H groups in total. The number of hydrogen-bond acceptors (Lipinski definition) is 3. The third-order valence-electron chi connectivity index (χ3n) is 4.34. The number of benzene rings is 1. The molecule has 4 nitrogen and oxygen atoms in total. The summed E-state index contributed by atoms with van der Waals surface area (Å²) in [5, 5.41) is 7.21. The Balaban J connectivity index is 1.75. The lowest BCUT2D eigenvalue weighted by molar-refractivity contribution is 0.400. The van der Waals surface area contributed by atoms with Gasteiger partial charge in [-0.2, -0.15) is 0 Å². The molecule has 1 aromatic rings. The summed E-state index contributed by atoms with van der Waals surface area (Å²) in [7, 11) is 4.17. The van der Waals surface area contributed by atoms with Crippen LogP contribution in [-0.4, -0.2) is 50.3 Å². The average molecular weight is 335 g/mol. The van der Waals surface area contributed by atoms with Gasteiger partial charge in [-0.25, -0.2) is 0 Å². The maximum absolute atomic E-state index is 5.34. The highest BCUT2D eigenvalue weighted by molar-refractivity contribution is 7.80. The van der Waals surface area contributed by atoms with Crippen LogP contribution < -0.4 is 15.5 Å². The van der Waals surface area contributed by atoms with Crippen molar-refractivity contribution in [1.29, 1.82) is 0 Å². The van der Waals surface area contributed by atoms with Crippen molar-refractivity contribution in [3.63, 3.8) is 0 Å². The van der Waals surface area contributed by atoms with Crippen LogP contribution in [0, 0.1) is 5.92 Å². The van der Waals surface area contributed by atoms with Crippen LogP contribution in [0.3, 0.4) is 0 Å². The van der Waals surface area contributed by atoms with Gasteiger partial charge in [-0.3, -0.25) is 0 Å². The van der Waals surface area contributed by atoms with Crippen LogP contribution in [0.2, 0.25) is 0 Å². The molecule has 5 heteroatoms. The lowest BCUT2D eigenvalue weighted by atomic mass is 9.99. The van der Waals surface area contributed by atoms with Gasteiger partial charge in [-0.1, -0.05) is 6.92 Å². The molecule has 0 saturated carbocycles. The Morgan fingerprint density at radius 2 is 1.87 bits per heavy atom. The van der Waals surface area contributed by atoms with Crippen molar-refractivity contribution < 1.29 is 0 Å². The highest BCUT2D eigenvalue weighted by Crippen LogP contribution is 2.24. The van der Waals surface area contributed by atoms with E-state index in [-0.39, 0.29) is 0 Å². The lowest BCUT2D eigenvalue weighted by Crippen LogP contribution is -2.32. The van der Waals surface area contributed by atoms with Gasteiger partial charge in [-0.15, -0.1) is 0 Å². The highest BCUT2D eigenvalue weighted by Gasteiger charge is 2.15. The molecule has 2 rings (SSSR count). The quantitative estimate of drug-likeness (QED) is 0.616. The smallest absolute Gasteiger partial charge is 0.170 e. The van der Waals surface area contributed by atoms with Crippen molar-refractivity contribution in [3.05, 3.63) is 24.3 Å². The molecule has 1 saturated heterocycles. The first kappa shape index (κ1) is 18.0. The largest absolute Gasteiger partial charge is 0.372 e. The summed E-state index contributed by atoms with van der Waals surface area (Å²) in [6, 6.07) is 8.60. The van der Waals surface area contributed by atoms with Crippen LogP contribution in [0.1, 0.15) is 26.2 Å². The summed E-state index contributed by atoms with van der Waals surface area (Å²) in [6.07, 6.45) is 3.67. The maximum Gasteiger partial charge on any atom is 0.170 e. The number of piperidine rings is 1. The zero-order valence-corrected chi connectivity index (χ0v) is 15.5. The summed E-state index contributed by atoms with van der Waals surface area (Å²) >= 11 is 5.34. The highest BCUT2D eigenvalue weighted by atomic mass is 32.1. The van der Waals surface area contributed by atoms with Crippen LogP contribution in [0.4, 0.5) is 11.4 Å². The summed E-state index contributed by atoms with van der Waals surface area (Å²) in [4.78, 5) is 4.65. The molecule has 0 unspecified atom stereocenters. The van der Waals surface area contributed by atoms with Gasteiger partial charge in [0.2, 0.25) is 0 Å². The second-order valence-electron chi connectivity index (χ2n) is 6.75. The third-order valence-corrected chi connectivity index (χ3v) is 4.59. The number of rotatable bonds is 6. The van der Waals surface area contributed by atoms with E-state index < -0.39 is 0 Å². The number of anilines is 2. The van der Waals surface area contributed by atoms with Gasteiger partial charge in [0.25, 0.3) is 0 Å². The van der Waals surface area contributed by atoms with Crippen molar-refractivity contribution >= 4 is 28.7 Å². The molecular weight excluding hydrogens is 304 g/mol. The Bertz CT molecular complexity index is 478. The van der Waals surface area contributed by atoms with Gasteiger partial charge in [0, 0.05) is 31.0 Å². The minimum Gasteiger partial charge on any atom is -0.372 e. The first-order chi connectivity index (χ1) is 11.0. The SMILES string of the molecule is CC1CCN(c2ccc(NC(=S)NCCCN(C)C)cc2)CC1. The van der Waals surface area contributed by atoms with Gasteiger partial charge >= 0.3 is 0 Å². The molecule has 1 aliphatic rings. The fourth-order valence-corrected chi connectivity index (χ4v) is 3.01. The molecule has 128 valence electrons. The van der Waals surface area contributed by atoms with E-state index in [0.29, 0.717) is 5.11 Å². The van der Waals surface area contributed by atoms with Gasteiger partial charge in [0.05, 0.1) is 0 Å². The van der Waals surface area contributed by atoms with E-state index in [4.69, 9.17) is 12.2 Å².